The quantitative estimate of drug-likeness (QED) is 0.0487. The second-order valence-electron chi connectivity index (χ2n) is 11.9. The van der Waals surface area contributed by atoms with Crippen LogP contribution in [0.25, 0.3) is 0 Å². The number of rotatable bonds is 32. The standard InChI is InChI=1S/C35H68O3/c1-3-5-7-9-11-13-14-15-16-17-18-19-20-21-22-24-26-28-30-32-35(37)38-34(33-36)31-29-27-25-23-12-10-8-6-4-2/h33-34H,3-32H2,1-2H3. The van der Waals surface area contributed by atoms with Crippen molar-refractivity contribution in [1.82, 2.24) is 0 Å². The third-order valence-electron chi connectivity index (χ3n) is 8.01. The molecular weight excluding hydrogens is 468 g/mol. The smallest absolute Gasteiger partial charge is 0.306 e. The van der Waals surface area contributed by atoms with Gasteiger partial charge in [-0.05, 0) is 19.3 Å². The summed E-state index contributed by atoms with van der Waals surface area (Å²) in [5.74, 6) is -0.190. The minimum absolute atomic E-state index is 0.190. The second kappa shape index (κ2) is 32.4. The number of carbonyl (C=O) groups excluding carboxylic acids is 2. The van der Waals surface area contributed by atoms with E-state index in [2.05, 4.69) is 13.8 Å². The zero-order valence-corrected chi connectivity index (χ0v) is 26.1. The number of carbonyl (C=O) groups is 2. The molecule has 0 saturated heterocycles. The van der Waals surface area contributed by atoms with Crippen LogP contribution in [-0.2, 0) is 14.3 Å². The highest BCUT2D eigenvalue weighted by Crippen LogP contribution is 2.16. The van der Waals surface area contributed by atoms with Crippen LogP contribution in [0.5, 0.6) is 0 Å². The maximum Gasteiger partial charge on any atom is 0.306 e. The van der Waals surface area contributed by atoms with E-state index in [1.54, 1.807) is 0 Å². The van der Waals surface area contributed by atoms with Gasteiger partial charge in [0.25, 0.3) is 0 Å². The molecule has 1 unspecified atom stereocenters. The van der Waals surface area contributed by atoms with E-state index >= 15 is 0 Å². The van der Waals surface area contributed by atoms with Crippen molar-refractivity contribution in [2.75, 3.05) is 0 Å². The lowest BCUT2D eigenvalue weighted by Crippen LogP contribution is -2.19. The largest absolute Gasteiger partial charge is 0.455 e. The van der Waals surface area contributed by atoms with Gasteiger partial charge in [0.2, 0.25) is 0 Å². The monoisotopic (exact) mass is 537 g/mol. The van der Waals surface area contributed by atoms with Crippen LogP contribution < -0.4 is 0 Å². The second-order valence-corrected chi connectivity index (χ2v) is 11.9. The van der Waals surface area contributed by atoms with Crippen molar-refractivity contribution >= 4 is 12.3 Å². The molecule has 0 aliphatic heterocycles. The molecule has 0 saturated carbocycles. The molecule has 0 aliphatic carbocycles. The summed E-state index contributed by atoms with van der Waals surface area (Å²) in [7, 11) is 0. The minimum atomic E-state index is -0.535. The molecule has 226 valence electrons. The van der Waals surface area contributed by atoms with Crippen molar-refractivity contribution in [3.8, 4) is 0 Å². The maximum atomic E-state index is 12.1. The predicted molar refractivity (Wildman–Crippen MR) is 166 cm³/mol. The molecule has 38 heavy (non-hydrogen) atoms. The van der Waals surface area contributed by atoms with Gasteiger partial charge in [-0.15, -0.1) is 0 Å². The SMILES string of the molecule is CCCCCCCCCCCCCCCCCCCCCC(=O)OC(C=O)CCCCCCCCCCC. The van der Waals surface area contributed by atoms with Gasteiger partial charge >= 0.3 is 5.97 Å². The summed E-state index contributed by atoms with van der Waals surface area (Å²) in [6, 6.07) is 0. The highest BCUT2D eigenvalue weighted by Gasteiger charge is 2.13. The highest BCUT2D eigenvalue weighted by atomic mass is 16.5. The topological polar surface area (TPSA) is 43.4 Å². The number of hydrogen-bond acceptors (Lipinski definition) is 3. The number of aldehydes is 1. The van der Waals surface area contributed by atoms with E-state index in [0.717, 1.165) is 32.0 Å². The van der Waals surface area contributed by atoms with E-state index < -0.39 is 6.10 Å². The van der Waals surface area contributed by atoms with Gasteiger partial charge in [0.05, 0.1) is 0 Å². The number of hydrogen-bond donors (Lipinski definition) is 0. The van der Waals surface area contributed by atoms with Crippen LogP contribution in [0, 0.1) is 0 Å². The molecule has 0 N–H and O–H groups in total. The molecule has 0 aliphatic rings. The molecule has 0 amide bonds. The van der Waals surface area contributed by atoms with Gasteiger partial charge in [-0.1, -0.05) is 181 Å². The summed E-state index contributed by atoms with van der Waals surface area (Å²) >= 11 is 0. The van der Waals surface area contributed by atoms with Gasteiger partial charge in [-0.2, -0.15) is 0 Å². The first kappa shape index (κ1) is 37.1. The maximum absolute atomic E-state index is 12.1. The Hall–Kier alpha value is -0.860. The first-order chi connectivity index (χ1) is 18.7. The van der Waals surface area contributed by atoms with E-state index in [1.165, 1.54) is 154 Å². The van der Waals surface area contributed by atoms with Crippen LogP contribution in [0.15, 0.2) is 0 Å². The van der Waals surface area contributed by atoms with E-state index in [1.807, 2.05) is 0 Å². The molecule has 0 rings (SSSR count). The Morgan fingerprint density at radius 2 is 0.763 bits per heavy atom. The lowest BCUT2D eigenvalue weighted by atomic mass is 10.0. The van der Waals surface area contributed by atoms with Crippen LogP contribution in [0.4, 0.5) is 0 Å². The Bertz CT molecular complexity index is 476. The predicted octanol–water partition coefficient (Wildman–Crippen LogP) is 11.8. The van der Waals surface area contributed by atoms with Crippen molar-refractivity contribution in [1.29, 1.82) is 0 Å². The van der Waals surface area contributed by atoms with Crippen molar-refractivity contribution in [2.24, 2.45) is 0 Å². The third kappa shape index (κ3) is 29.7. The van der Waals surface area contributed by atoms with Crippen LogP contribution in [-0.4, -0.2) is 18.4 Å². The molecule has 0 aromatic heterocycles. The average molecular weight is 537 g/mol. The lowest BCUT2D eigenvalue weighted by Gasteiger charge is -2.12. The van der Waals surface area contributed by atoms with Crippen molar-refractivity contribution in [2.45, 2.75) is 213 Å². The molecule has 3 nitrogen and oxygen atoms in total. The van der Waals surface area contributed by atoms with Crippen molar-refractivity contribution in [3.05, 3.63) is 0 Å². The normalized spacial score (nSPS) is 12.1. The molecule has 0 aromatic rings. The Balaban J connectivity index is 3.35. The van der Waals surface area contributed by atoms with E-state index in [9.17, 15) is 9.59 Å². The van der Waals surface area contributed by atoms with Gasteiger partial charge in [-0.25, -0.2) is 0 Å². The average Bonchev–Trinajstić information content (AvgIpc) is 2.92. The molecule has 1 atom stereocenters. The lowest BCUT2D eigenvalue weighted by molar-refractivity contribution is -0.152. The fourth-order valence-electron chi connectivity index (χ4n) is 5.39. The zero-order valence-electron chi connectivity index (χ0n) is 26.1. The summed E-state index contributed by atoms with van der Waals surface area (Å²) in [6.07, 6.45) is 38.4. The van der Waals surface area contributed by atoms with E-state index in [0.29, 0.717) is 12.8 Å². The molecule has 0 radical (unpaired) electrons. The Labute approximate surface area is 239 Å². The molecule has 0 heterocycles. The van der Waals surface area contributed by atoms with Crippen molar-refractivity contribution < 1.29 is 14.3 Å². The summed E-state index contributed by atoms with van der Waals surface area (Å²) in [5.41, 5.74) is 0. The van der Waals surface area contributed by atoms with Gasteiger partial charge in [0.1, 0.15) is 0 Å². The Morgan fingerprint density at radius 3 is 1.08 bits per heavy atom. The fraction of sp³-hybridized carbons (Fsp3) is 0.943. The van der Waals surface area contributed by atoms with Gasteiger partial charge in [0.15, 0.2) is 12.4 Å². The summed E-state index contributed by atoms with van der Waals surface area (Å²) in [6.45, 7) is 4.54. The minimum Gasteiger partial charge on any atom is -0.455 e. The summed E-state index contributed by atoms with van der Waals surface area (Å²) in [5, 5.41) is 0. The molecule has 0 aromatic carbocycles. The van der Waals surface area contributed by atoms with Crippen LogP contribution in [0.1, 0.15) is 206 Å². The van der Waals surface area contributed by atoms with Gasteiger partial charge < -0.3 is 4.74 Å². The Morgan fingerprint density at radius 1 is 0.474 bits per heavy atom. The zero-order chi connectivity index (χ0) is 27.8. The third-order valence-corrected chi connectivity index (χ3v) is 8.01. The summed E-state index contributed by atoms with van der Waals surface area (Å²) < 4.78 is 5.40. The Kier molecular flexibility index (Phi) is 31.6. The van der Waals surface area contributed by atoms with E-state index in [-0.39, 0.29) is 5.97 Å². The molecule has 0 spiro atoms. The fourth-order valence-corrected chi connectivity index (χ4v) is 5.39. The van der Waals surface area contributed by atoms with Crippen molar-refractivity contribution in [3.63, 3.8) is 0 Å². The first-order valence-corrected chi connectivity index (χ1v) is 17.4. The van der Waals surface area contributed by atoms with Crippen LogP contribution >= 0.6 is 0 Å². The van der Waals surface area contributed by atoms with E-state index in [4.69, 9.17) is 4.74 Å². The molecule has 0 bridgehead atoms. The number of esters is 1. The van der Waals surface area contributed by atoms with Gasteiger partial charge in [0, 0.05) is 6.42 Å². The first-order valence-electron chi connectivity index (χ1n) is 17.4. The molecule has 0 fully saturated rings. The highest BCUT2D eigenvalue weighted by molar-refractivity contribution is 5.72. The van der Waals surface area contributed by atoms with Gasteiger partial charge in [-0.3, -0.25) is 9.59 Å². The molecule has 3 heteroatoms. The molecular formula is C35H68O3. The number of ether oxygens (including phenoxy) is 1. The van der Waals surface area contributed by atoms with Crippen LogP contribution in [0.2, 0.25) is 0 Å². The van der Waals surface area contributed by atoms with Crippen LogP contribution in [0.3, 0.4) is 0 Å². The number of unbranched alkanes of at least 4 members (excludes halogenated alkanes) is 26. The summed E-state index contributed by atoms with van der Waals surface area (Å²) in [4.78, 5) is 23.4.